The van der Waals surface area contributed by atoms with Crippen LogP contribution in [0.4, 0.5) is 0 Å². The van der Waals surface area contributed by atoms with Gasteiger partial charge in [-0.2, -0.15) is 0 Å². The van der Waals surface area contributed by atoms with Crippen LogP contribution in [0.25, 0.3) is 0 Å². The standard InChI is InChI=1S/C12H23NO3S/c1-8(2)7-13-12(15)10(4)17-9(3)6-11(14)16-5/h8-10H,6-7H2,1-5H3,(H,13,15). The Labute approximate surface area is 108 Å². The van der Waals surface area contributed by atoms with Crippen LogP contribution in [0.15, 0.2) is 0 Å². The summed E-state index contributed by atoms with van der Waals surface area (Å²) in [6.07, 6.45) is 0.336. The molecular formula is C12H23NO3S. The van der Waals surface area contributed by atoms with Gasteiger partial charge in [-0.3, -0.25) is 9.59 Å². The molecule has 0 aliphatic carbocycles. The molecule has 0 aliphatic rings. The van der Waals surface area contributed by atoms with Gasteiger partial charge in [0, 0.05) is 11.8 Å². The van der Waals surface area contributed by atoms with Crippen molar-refractivity contribution in [1.82, 2.24) is 5.32 Å². The average Bonchev–Trinajstić information content (AvgIpc) is 2.25. The van der Waals surface area contributed by atoms with Gasteiger partial charge in [0.15, 0.2) is 0 Å². The highest BCUT2D eigenvalue weighted by atomic mass is 32.2. The number of hydrogen-bond acceptors (Lipinski definition) is 4. The van der Waals surface area contributed by atoms with E-state index in [1.54, 1.807) is 0 Å². The molecule has 17 heavy (non-hydrogen) atoms. The van der Waals surface area contributed by atoms with Crippen molar-refractivity contribution in [1.29, 1.82) is 0 Å². The minimum absolute atomic E-state index is 0.0282. The van der Waals surface area contributed by atoms with Crippen LogP contribution in [-0.4, -0.2) is 36.0 Å². The van der Waals surface area contributed by atoms with Crippen LogP contribution in [0, 0.1) is 5.92 Å². The molecule has 0 aromatic heterocycles. The predicted molar refractivity (Wildman–Crippen MR) is 71.0 cm³/mol. The van der Waals surface area contributed by atoms with E-state index in [2.05, 4.69) is 23.9 Å². The van der Waals surface area contributed by atoms with Crippen molar-refractivity contribution in [2.24, 2.45) is 5.92 Å². The van der Waals surface area contributed by atoms with Crippen LogP contribution in [-0.2, 0) is 14.3 Å². The summed E-state index contributed by atoms with van der Waals surface area (Å²) < 4.78 is 4.59. The Morgan fingerprint density at radius 1 is 1.24 bits per heavy atom. The summed E-state index contributed by atoms with van der Waals surface area (Å²) in [5.41, 5.74) is 0. The molecule has 0 aromatic rings. The second-order valence-corrected chi connectivity index (χ2v) is 6.29. The Hall–Kier alpha value is -0.710. The fraction of sp³-hybridized carbons (Fsp3) is 0.833. The summed E-state index contributed by atoms with van der Waals surface area (Å²) in [4.78, 5) is 22.7. The molecule has 1 amide bonds. The van der Waals surface area contributed by atoms with Crippen LogP contribution in [0.3, 0.4) is 0 Å². The van der Waals surface area contributed by atoms with Crippen molar-refractivity contribution in [2.45, 2.75) is 44.6 Å². The maximum Gasteiger partial charge on any atom is 0.306 e. The van der Waals surface area contributed by atoms with Crippen LogP contribution in [0.2, 0.25) is 0 Å². The first-order chi connectivity index (χ1) is 7.86. The van der Waals surface area contributed by atoms with Gasteiger partial charge in [-0.15, -0.1) is 11.8 Å². The Morgan fingerprint density at radius 3 is 2.29 bits per heavy atom. The van der Waals surface area contributed by atoms with Crippen molar-refractivity contribution in [3.8, 4) is 0 Å². The number of hydrogen-bond donors (Lipinski definition) is 1. The van der Waals surface area contributed by atoms with Crippen molar-refractivity contribution in [3.05, 3.63) is 0 Å². The summed E-state index contributed by atoms with van der Waals surface area (Å²) in [6.45, 7) is 8.58. The number of nitrogens with one attached hydrogen (secondary N) is 1. The highest BCUT2D eigenvalue weighted by molar-refractivity contribution is 8.01. The maximum atomic E-state index is 11.7. The molecule has 0 fully saturated rings. The molecule has 1 N–H and O–H groups in total. The van der Waals surface area contributed by atoms with Gasteiger partial charge in [0.25, 0.3) is 0 Å². The van der Waals surface area contributed by atoms with E-state index in [0.29, 0.717) is 18.9 Å². The SMILES string of the molecule is COC(=O)CC(C)SC(C)C(=O)NCC(C)C. The minimum atomic E-state index is -0.236. The summed E-state index contributed by atoms with van der Waals surface area (Å²) in [6, 6.07) is 0. The van der Waals surface area contributed by atoms with Crippen LogP contribution in [0.1, 0.15) is 34.1 Å². The number of carbonyl (C=O) groups excluding carboxylic acids is 2. The van der Waals surface area contributed by atoms with E-state index in [1.807, 2.05) is 13.8 Å². The van der Waals surface area contributed by atoms with Crippen LogP contribution in [0.5, 0.6) is 0 Å². The Bertz CT molecular complexity index is 256. The zero-order chi connectivity index (χ0) is 13.4. The maximum absolute atomic E-state index is 11.7. The highest BCUT2D eigenvalue weighted by Crippen LogP contribution is 2.20. The molecule has 0 heterocycles. The molecule has 0 aliphatic heterocycles. The first-order valence-corrected chi connectivity index (χ1v) is 6.81. The Morgan fingerprint density at radius 2 is 1.82 bits per heavy atom. The molecular weight excluding hydrogens is 238 g/mol. The van der Waals surface area contributed by atoms with Crippen molar-refractivity contribution >= 4 is 23.6 Å². The van der Waals surface area contributed by atoms with E-state index in [4.69, 9.17) is 0 Å². The number of methoxy groups -OCH3 is 1. The molecule has 0 saturated heterocycles. The van der Waals surface area contributed by atoms with Gasteiger partial charge >= 0.3 is 5.97 Å². The lowest BCUT2D eigenvalue weighted by Gasteiger charge is -2.16. The van der Waals surface area contributed by atoms with Gasteiger partial charge in [0.05, 0.1) is 18.8 Å². The van der Waals surface area contributed by atoms with Gasteiger partial charge in [0.1, 0.15) is 0 Å². The van der Waals surface area contributed by atoms with E-state index in [9.17, 15) is 9.59 Å². The van der Waals surface area contributed by atoms with E-state index >= 15 is 0 Å². The van der Waals surface area contributed by atoms with Gasteiger partial charge in [0.2, 0.25) is 5.91 Å². The van der Waals surface area contributed by atoms with Crippen LogP contribution < -0.4 is 5.32 Å². The molecule has 0 bridgehead atoms. The van der Waals surface area contributed by atoms with Crippen molar-refractivity contribution in [3.63, 3.8) is 0 Å². The van der Waals surface area contributed by atoms with Gasteiger partial charge in [-0.05, 0) is 12.8 Å². The number of ether oxygens (including phenoxy) is 1. The third-order valence-electron chi connectivity index (χ3n) is 2.17. The average molecular weight is 261 g/mol. The summed E-state index contributed by atoms with van der Waals surface area (Å²) in [5.74, 6) is 0.240. The van der Waals surface area contributed by atoms with Gasteiger partial charge in [-0.25, -0.2) is 0 Å². The second kappa shape index (κ2) is 8.39. The number of rotatable bonds is 7. The topological polar surface area (TPSA) is 55.4 Å². The lowest BCUT2D eigenvalue weighted by atomic mass is 10.2. The molecule has 5 heteroatoms. The van der Waals surface area contributed by atoms with Crippen molar-refractivity contribution < 1.29 is 14.3 Å². The molecule has 0 rings (SSSR count). The summed E-state index contributed by atoms with van der Waals surface area (Å²) >= 11 is 1.49. The molecule has 100 valence electrons. The van der Waals surface area contributed by atoms with E-state index in [-0.39, 0.29) is 22.4 Å². The number of carbonyl (C=O) groups is 2. The number of amides is 1. The first kappa shape index (κ1) is 16.3. The second-order valence-electron chi connectivity index (χ2n) is 4.51. The highest BCUT2D eigenvalue weighted by Gasteiger charge is 2.18. The van der Waals surface area contributed by atoms with E-state index < -0.39 is 0 Å². The zero-order valence-electron chi connectivity index (χ0n) is 11.3. The third kappa shape index (κ3) is 8.07. The molecule has 2 atom stereocenters. The Kier molecular flexibility index (Phi) is 8.04. The third-order valence-corrected chi connectivity index (χ3v) is 3.43. The minimum Gasteiger partial charge on any atom is -0.469 e. The normalized spacial score (nSPS) is 14.2. The summed E-state index contributed by atoms with van der Waals surface area (Å²) in [7, 11) is 1.37. The molecule has 0 radical (unpaired) electrons. The first-order valence-electron chi connectivity index (χ1n) is 5.86. The fourth-order valence-electron chi connectivity index (χ4n) is 1.22. The largest absolute Gasteiger partial charge is 0.469 e. The zero-order valence-corrected chi connectivity index (χ0v) is 12.1. The van der Waals surface area contributed by atoms with E-state index in [1.165, 1.54) is 18.9 Å². The monoisotopic (exact) mass is 261 g/mol. The molecule has 0 saturated carbocycles. The molecule has 0 spiro atoms. The predicted octanol–water partition coefficient (Wildman–Crippen LogP) is 1.83. The van der Waals surface area contributed by atoms with Gasteiger partial charge < -0.3 is 10.1 Å². The summed E-state index contributed by atoms with van der Waals surface area (Å²) in [5, 5.41) is 2.82. The Balaban J connectivity index is 3.94. The van der Waals surface area contributed by atoms with E-state index in [0.717, 1.165) is 0 Å². The number of esters is 1. The smallest absolute Gasteiger partial charge is 0.306 e. The van der Waals surface area contributed by atoms with Crippen molar-refractivity contribution in [2.75, 3.05) is 13.7 Å². The quantitative estimate of drug-likeness (QED) is 0.710. The lowest BCUT2D eigenvalue weighted by molar-refractivity contribution is -0.140. The molecule has 4 nitrogen and oxygen atoms in total. The lowest BCUT2D eigenvalue weighted by Crippen LogP contribution is -2.34. The molecule has 2 unspecified atom stereocenters. The fourth-order valence-corrected chi connectivity index (χ4v) is 2.36. The van der Waals surface area contributed by atoms with Crippen LogP contribution >= 0.6 is 11.8 Å². The molecule has 0 aromatic carbocycles. The number of thioether (sulfide) groups is 1. The van der Waals surface area contributed by atoms with Gasteiger partial charge in [-0.1, -0.05) is 20.8 Å².